The molecule has 0 atom stereocenters. The molecule has 0 aliphatic rings. The van der Waals surface area contributed by atoms with Crippen LogP contribution in [0.1, 0.15) is 37.7 Å². The van der Waals surface area contributed by atoms with Gasteiger partial charge in [-0.25, -0.2) is 15.8 Å². The highest BCUT2D eigenvalue weighted by molar-refractivity contribution is 9.10. The van der Waals surface area contributed by atoms with Crippen LogP contribution >= 0.6 is 15.9 Å². The molecule has 0 saturated carbocycles. The predicted octanol–water partition coefficient (Wildman–Crippen LogP) is 3.01. The molecular formula is C24H19BrN8O2. The highest BCUT2D eigenvalue weighted by Gasteiger charge is 2.24. The summed E-state index contributed by atoms with van der Waals surface area (Å²) in [6, 6.07) is 14.6. The molecule has 0 aliphatic heterocycles. The lowest BCUT2D eigenvalue weighted by atomic mass is 10.2. The average Bonchev–Trinajstić information content (AvgIpc) is 3.29. The molecule has 0 fully saturated rings. The van der Waals surface area contributed by atoms with Gasteiger partial charge in [0.1, 0.15) is 5.69 Å². The Kier molecular flexibility index (Phi) is 7.81. The molecule has 3 aromatic heterocycles. The van der Waals surface area contributed by atoms with Crippen molar-refractivity contribution in [2.45, 2.75) is 6.54 Å². The molecule has 35 heavy (non-hydrogen) atoms. The third kappa shape index (κ3) is 6.51. The van der Waals surface area contributed by atoms with Crippen LogP contribution in [0.2, 0.25) is 0 Å². The Morgan fingerprint density at radius 2 is 1.49 bits per heavy atom. The quantitative estimate of drug-likeness (QED) is 0.267. The molecule has 3 heterocycles. The van der Waals surface area contributed by atoms with Crippen molar-refractivity contribution in [3.05, 3.63) is 112 Å². The largest absolute Gasteiger partial charge is 0.321 e. The van der Waals surface area contributed by atoms with E-state index in [0.29, 0.717) is 6.54 Å². The van der Waals surface area contributed by atoms with Crippen LogP contribution in [-0.2, 0) is 6.54 Å². The van der Waals surface area contributed by atoms with Gasteiger partial charge in [-0.1, -0.05) is 28.1 Å². The van der Waals surface area contributed by atoms with Crippen molar-refractivity contribution < 1.29 is 9.59 Å². The first-order valence-electron chi connectivity index (χ1n) is 10.4. The second-order valence-electron chi connectivity index (χ2n) is 7.16. The van der Waals surface area contributed by atoms with Gasteiger partial charge in [0.2, 0.25) is 0 Å². The molecule has 0 saturated heterocycles. The van der Waals surface area contributed by atoms with E-state index in [4.69, 9.17) is 0 Å². The Bertz CT molecular complexity index is 1370. The highest BCUT2D eigenvalue weighted by atomic mass is 79.9. The second kappa shape index (κ2) is 11.6. The molecule has 174 valence electrons. The van der Waals surface area contributed by atoms with E-state index in [1.54, 1.807) is 53.6 Å². The molecular weight excluding hydrogens is 512 g/mol. The number of benzene rings is 1. The summed E-state index contributed by atoms with van der Waals surface area (Å²) < 4.78 is 2.48. The summed E-state index contributed by atoms with van der Waals surface area (Å²) in [6.45, 7) is 0.316. The third-order valence-electron chi connectivity index (χ3n) is 4.68. The summed E-state index contributed by atoms with van der Waals surface area (Å²) >= 11 is 3.44. The van der Waals surface area contributed by atoms with E-state index < -0.39 is 11.8 Å². The zero-order chi connectivity index (χ0) is 24.5. The van der Waals surface area contributed by atoms with Crippen molar-refractivity contribution in [3.8, 4) is 0 Å². The lowest BCUT2D eigenvalue weighted by Gasteiger charge is -2.09. The Hall–Kier alpha value is -4.51. The van der Waals surface area contributed by atoms with Crippen LogP contribution in [0.25, 0.3) is 0 Å². The highest BCUT2D eigenvalue weighted by Crippen LogP contribution is 2.15. The number of carbonyl (C=O) groups is 2. The van der Waals surface area contributed by atoms with Crippen molar-refractivity contribution in [2.24, 2.45) is 10.2 Å². The van der Waals surface area contributed by atoms with E-state index in [1.807, 2.05) is 24.3 Å². The molecule has 0 bridgehead atoms. The number of aromatic nitrogens is 4. The Labute approximate surface area is 209 Å². The van der Waals surface area contributed by atoms with Crippen LogP contribution in [0.15, 0.2) is 94.3 Å². The van der Waals surface area contributed by atoms with Gasteiger partial charge >= 0.3 is 0 Å². The van der Waals surface area contributed by atoms with Crippen LogP contribution in [0.4, 0.5) is 0 Å². The van der Waals surface area contributed by atoms with E-state index in [-0.39, 0.29) is 11.4 Å². The number of rotatable bonds is 8. The number of pyridine rings is 2. The normalized spacial score (nSPS) is 11.1. The molecule has 2 N–H and O–H groups in total. The standard InChI is InChI=1S/C24H19BrN8O2/c25-20-3-1-2-19(12-20)15-33-16-28-21(23(34)31-29-13-17-4-8-26-9-5-17)22(33)24(35)32-30-14-18-6-10-27-11-7-18/h1-14,16H,15H2,(H,31,34)(H,32,35). The van der Waals surface area contributed by atoms with Gasteiger partial charge in [0.15, 0.2) is 5.69 Å². The Morgan fingerprint density at radius 3 is 2.09 bits per heavy atom. The number of amides is 2. The summed E-state index contributed by atoms with van der Waals surface area (Å²) in [4.78, 5) is 37.9. The van der Waals surface area contributed by atoms with Crippen LogP contribution < -0.4 is 10.9 Å². The lowest BCUT2D eigenvalue weighted by molar-refractivity contribution is 0.0912. The number of hydrogen-bond donors (Lipinski definition) is 2. The van der Waals surface area contributed by atoms with Crippen LogP contribution in [0.3, 0.4) is 0 Å². The maximum atomic E-state index is 13.1. The number of hydrogen-bond acceptors (Lipinski definition) is 7. The van der Waals surface area contributed by atoms with Gasteiger partial charge in [0.25, 0.3) is 11.8 Å². The van der Waals surface area contributed by atoms with E-state index in [1.165, 1.54) is 18.8 Å². The van der Waals surface area contributed by atoms with Crippen molar-refractivity contribution in [3.63, 3.8) is 0 Å². The smallest absolute Gasteiger partial charge is 0.292 e. The minimum absolute atomic E-state index is 0.0495. The fourth-order valence-electron chi connectivity index (χ4n) is 3.07. The van der Waals surface area contributed by atoms with E-state index >= 15 is 0 Å². The van der Waals surface area contributed by atoms with Crippen molar-refractivity contribution in [2.75, 3.05) is 0 Å². The molecule has 11 heteroatoms. The number of imidazole rings is 1. The van der Waals surface area contributed by atoms with Crippen LogP contribution in [0, 0.1) is 0 Å². The van der Waals surface area contributed by atoms with Crippen LogP contribution in [0.5, 0.6) is 0 Å². The third-order valence-corrected chi connectivity index (χ3v) is 5.17. The maximum Gasteiger partial charge on any atom is 0.292 e. The molecule has 0 aliphatic carbocycles. The van der Waals surface area contributed by atoms with Gasteiger partial charge in [-0.3, -0.25) is 19.6 Å². The van der Waals surface area contributed by atoms with Gasteiger partial charge in [-0.15, -0.1) is 0 Å². The minimum Gasteiger partial charge on any atom is -0.321 e. The van der Waals surface area contributed by atoms with Crippen LogP contribution in [-0.4, -0.2) is 43.8 Å². The fourth-order valence-corrected chi connectivity index (χ4v) is 3.52. The summed E-state index contributed by atoms with van der Waals surface area (Å²) in [6.07, 6.45) is 10.8. The molecule has 10 nitrogen and oxygen atoms in total. The van der Waals surface area contributed by atoms with Crippen molar-refractivity contribution in [1.82, 2.24) is 30.4 Å². The monoisotopic (exact) mass is 530 g/mol. The van der Waals surface area contributed by atoms with Gasteiger partial charge < -0.3 is 4.57 Å². The molecule has 0 unspecified atom stereocenters. The molecule has 4 aromatic rings. The number of nitrogens with one attached hydrogen (secondary N) is 2. The van der Waals surface area contributed by atoms with Crippen molar-refractivity contribution in [1.29, 1.82) is 0 Å². The van der Waals surface area contributed by atoms with Gasteiger partial charge in [-0.2, -0.15) is 10.2 Å². The summed E-state index contributed by atoms with van der Waals surface area (Å²) in [5.41, 5.74) is 7.27. The number of halogens is 1. The fraction of sp³-hybridized carbons (Fsp3) is 0.0417. The van der Waals surface area contributed by atoms with E-state index in [2.05, 4.69) is 51.9 Å². The first-order chi connectivity index (χ1) is 17.1. The molecule has 0 radical (unpaired) electrons. The second-order valence-corrected chi connectivity index (χ2v) is 8.07. The average molecular weight is 531 g/mol. The zero-order valence-electron chi connectivity index (χ0n) is 18.2. The van der Waals surface area contributed by atoms with E-state index in [9.17, 15) is 9.59 Å². The van der Waals surface area contributed by atoms with Gasteiger partial charge in [0, 0.05) is 35.8 Å². The Morgan fingerprint density at radius 1 is 0.886 bits per heavy atom. The SMILES string of the molecule is O=C(NN=Cc1ccncc1)c1ncn(Cc2cccc(Br)c2)c1C(=O)NN=Cc1ccncc1. The molecule has 2 amide bonds. The molecule has 4 rings (SSSR count). The van der Waals surface area contributed by atoms with Gasteiger partial charge in [-0.05, 0) is 53.1 Å². The summed E-state index contributed by atoms with van der Waals surface area (Å²) in [5.74, 6) is -1.22. The molecule has 1 aromatic carbocycles. The summed E-state index contributed by atoms with van der Waals surface area (Å²) in [7, 11) is 0. The number of carbonyl (C=O) groups excluding carboxylic acids is 2. The summed E-state index contributed by atoms with van der Waals surface area (Å²) in [5, 5.41) is 7.94. The maximum absolute atomic E-state index is 13.1. The van der Waals surface area contributed by atoms with Gasteiger partial charge in [0.05, 0.1) is 18.8 Å². The topological polar surface area (TPSA) is 127 Å². The number of hydrazone groups is 2. The lowest BCUT2D eigenvalue weighted by Crippen LogP contribution is -2.27. The van der Waals surface area contributed by atoms with Crippen molar-refractivity contribution >= 4 is 40.2 Å². The number of nitrogens with zero attached hydrogens (tertiary/aromatic N) is 6. The molecule has 0 spiro atoms. The van der Waals surface area contributed by atoms with E-state index in [0.717, 1.165) is 21.2 Å². The first kappa shape index (κ1) is 23.6. The minimum atomic E-state index is -0.633. The first-order valence-corrected chi connectivity index (χ1v) is 11.2. The Balaban J connectivity index is 1.57. The predicted molar refractivity (Wildman–Crippen MR) is 134 cm³/mol. The zero-order valence-corrected chi connectivity index (χ0v) is 19.8.